The highest BCUT2D eigenvalue weighted by atomic mass is 35.7. The predicted octanol–water partition coefficient (Wildman–Crippen LogP) is 6.60. The molecule has 0 aliphatic carbocycles. The highest BCUT2D eigenvalue weighted by Crippen LogP contribution is 2.62. The predicted molar refractivity (Wildman–Crippen MR) is 102 cm³/mol. The standard InChI is InChI=1S/C17H26Cl2Si2/c1-17(2,3)12-14-15(13-10-8-7-9-11-13)16(20(4,5)6)21(14,18)19/h7-11,14H,12H2,1-6H3. The molecular formula is C17H26Cl2Si2. The van der Waals surface area contributed by atoms with Crippen molar-refractivity contribution < 1.29 is 0 Å². The molecule has 0 N–H and O–H groups in total. The number of allylic oxidation sites excluding steroid dienone is 1. The second kappa shape index (κ2) is 5.56. The average Bonchev–Trinajstić information content (AvgIpc) is 2.31. The largest absolute Gasteiger partial charge is 0.280 e. The Morgan fingerprint density at radius 3 is 2.00 bits per heavy atom. The van der Waals surface area contributed by atoms with Crippen LogP contribution in [0.3, 0.4) is 0 Å². The molecule has 116 valence electrons. The summed E-state index contributed by atoms with van der Waals surface area (Å²) in [5, 5.41) is 0. The van der Waals surface area contributed by atoms with Gasteiger partial charge in [-0.3, -0.25) is 0 Å². The molecule has 2 rings (SSSR count). The summed E-state index contributed by atoms with van der Waals surface area (Å²) in [5.74, 6) is 0. The first-order valence-electron chi connectivity index (χ1n) is 7.63. The molecule has 21 heavy (non-hydrogen) atoms. The van der Waals surface area contributed by atoms with E-state index in [1.807, 2.05) is 0 Å². The molecular weight excluding hydrogens is 331 g/mol. The van der Waals surface area contributed by atoms with Gasteiger partial charge in [-0.1, -0.05) is 75.6 Å². The topological polar surface area (TPSA) is 0 Å². The quantitative estimate of drug-likeness (QED) is 0.422. The molecule has 0 radical (unpaired) electrons. The van der Waals surface area contributed by atoms with Gasteiger partial charge in [-0.05, 0) is 23.0 Å². The Hall–Kier alpha value is -0.0262. The van der Waals surface area contributed by atoms with E-state index >= 15 is 0 Å². The summed E-state index contributed by atoms with van der Waals surface area (Å²) >= 11 is 13.9. The van der Waals surface area contributed by atoms with E-state index in [9.17, 15) is 0 Å². The molecule has 1 aromatic rings. The van der Waals surface area contributed by atoms with Gasteiger partial charge in [-0.15, -0.1) is 22.2 Å². The maximum atomic E-state index is 6.95. The fourth-order valence-electron chi connectivity index (χ4n) is 3.34. The summed E-state index contributed by atoms with van der Waals surface area (Å²) < 4.78 is 0. The summed E-state index contributed by atoms with van der Waals surface area (Å²) in [5.41, 5.74) is 3.41. The maximum absolute atomic E-state index is 6.95. The fraction of sp³-hybridized carbons (Fsp3) is 0.529. The lowest BCUT2D eigenvalue weighted by Crippen LogP contribution is -2.52. The van der Waals surface area contributed by atoms with Crippen LogP contribution >= 0.6 is 22.2 Å². The molecule has 1 atom stereocenters. The first kappa shape index (κ1) is 17.3. The van der Waals surface area contributed by atoms with Gasteiger partial charge >= 0.3 is 0 Å². The molecule has 0 amide bonds. The van der Waals surface area contributed by atoms with Crippen LogP contribution in [0.5, 0.6) is 0 Å². The number of rotatable bonds is 3. The number of hydrogen-bond donors (Lipinski definition) is 0. The lowest BCUT2D eigenvalue weighted by molar-refractivity contribution is 0.380. The fourth-order valence-corrected chi connectivity index (χ4v) is 18.3. The minimum absolute atomic E-state index is 0.248. The molecule has 1 unspecified atom stereocenters. The molecule has 4 heteroatoms. The Bertz CT molecular complexity index is 548. The summed E-state index contributed by atoms with van der Waals surface area (Å²) in [7, 11) is -1.49. The van der Waals surface area contributed by atoms with E-state index in [1.54, 1.807) is 0 Å². The van der Waals surface area contributed by atoms with Crippen molar-refractivity contribution in [2.24, 2.45) is 5.41 Å². The summed E-state index contributed by atoms with van der Waals surface area (Å²) in [6.45, 7) is 11.6. The van der Waals surface area contributed by atoms with Crippen LogP contribution in [0.4, 0.5) is 0 Å². The lowest BCUT2D eigenvalue weighted by Gasteiger charge is -2.50. The zero-order chi connectivity index (χ0) is 16.1. The van der Waals surface area contributed by atoms with Gasteiger partial charge in [0.1, 0.15) is 0 Å². The first-order chi connectivity index (χ1) is 9.44. The normalized spacial score (nSPS) is 22.2. The van der Waals surface area contributed by atoms with Gasteiger partial charge in [-0.25, -0.2) is 0 Å². The van der Waals surface area contributed by atoms with Gasteiger partial charge in [0.25, 0.3) is 6.69 Å². The van der Waals surface area contributed by atoms with Crippen molar-refractivity contribution in [2.75, 3.05) is 0 Å². The van der Waals surface area contributed by atoms with Gasteiger partial charge in [-0.2, -0.15) is 0 Å². The maximum Gasteiger partial charge on any atom is 0.280 e. The zero-order valence-corrected chi connectivity index (χ0v) is 17.4. The van der Waals surface area contributed by atoms with Gasteiger partial charge in [0.05, 0.1) is 8.07 Å². The Balaban J connectivity index is 2.56. The minimum atomic E-state index is -2.31. The Morgan fingerprint density at radius 1 is 1.05 bits per heavy atom. The first-order valence-corrected chi connectivity index (χ1v) is 15.2. The van der Waals surface area contributed by atoms with Crippen molar-refractivity contribution in [3.05, 3.63) is 40.7 Å². The molecule has 1 heterocycles. The average molecular weight is 357 g/mol. The molecule has 0 saturated carbocycles. The van der Waals surface area contributed by atoms with Crippen molar-refractivity contribution in [1.82, 2.24) is 0 Å². The van der Waals surface area contributed by atoms with Crippen LogP contribution < -0.4 is 0 Å². The van der Waals surface area contributed by atoms with Crippen LogP contribution in [0.15, 0.2) is 35.2 Å². The lowest BCUT2D eigenvalue weighted by atomic mass is 9.86. The van der Waals surface area contributed by atoms with E-state index in [2.05, 4.69) is 70.7 Å². The van der Waals surface area contributed by atoms with Crippen LogP contribution in [0, 0.1) is 5.41 Å². The molecule has 0 spiro atoms. The summed E-state index contributed by atoms with van der Waals surface area (Å²) in [6, 6.07) is 10.7. The molecule has 1 aromatic carbocycles. The molecule has 0 nitrogen and oxygen atoms in total. The van der Waals surface area contributed by atoms with Crippen LogP contribution in [0.1, 0.15) is 32.8 Å². The van der Waals surface area contributed by atoms with Crippen molar-refractivity contribution in [3.8, 4) is 0 Å². The monoisotopic (exact) mass is 356 g/mol. The van der Waals surface area contributed by atoms with Gasteiger partial charge in [0.15, 0.2) is 0 Å². The molecule has 0 fully saturated rings. The van der Waals surface area contributed by atoms with Crippen LogP contribution in [-0.4, -0.2) is 14.8 Å². The van der Waals surface area contributed by atoms with Gasteiger partial charge in [0.2, 0.25) is 0 Å². The number of hydrogen-bond acceptors (Lipinski definition) is 0. The van der Waals surface area contributed by atoms with Crippen LogP contribution in [-0.2, 0) is 0 Å². The molecule has 0 saturated heterocycles. The van der Waals surface area contributed by atoms with Crippen molar-refractivity contribution in [3.63, 3.8) is 0 Å². The van der Waals surface area contributed by atoms with E-state index in [-0.39, 0.29) is 5.41 Å². The van der Waals surface area contributed by atoms with Crippen molar-refractivity contribution in [2.45, 2.75) is 52.4 Å². The van der Waals surface area contributed by atoms with Crippen molar-refractivity contribution >= 4 is 42.5 Å². The van der Waals surface area contributed by atoms with Crippen molar-refractivity contribution in [1.29, 1.82) is 0 Å². The van der Waals surface area contributed by atoms with E-state index in [0.717, 1.165) is 6.42 Å². The van der Waals surface area contributed by atoms with E-state index in [0.29, 0.717) is 5.54 Å². The molecule has 1 aliphatic rings. The Morgan fingerprint density at radius 2 is 1.57 bits per heavy atom. The van der Waals surface area contributed by atoms with Crippen LogP contribution in [0.25, 0.3) is 5.57 Å². The van der Waals surface area contributed by atoms with E-state index in [4.69, 9.17) is 22.2 Å². The second-order valence-electron chi connectivity index (χ2n) is 8.35. The number of halogens is 2. The third kappa shape index (κ3) is 3.49. The third-order valence-corrected chi connectivity index (χ3v) is 15.2. The molecule has 0 bridgehead atoms. The summed E-state index contributed by atoms with van der Waals surface area (Å²) in [4.78, 5) is 1.46. The SMILES string of the molecule is CC(C)(C)CC1C(c2ccccc2)=C([Si](C)(C)C)[Si]1(Cl)Cl. The second-order valence-corrected chi connectivity index (χ2v) is 20.4. The molecule has 1 aliphatic heterocycles. The summed E-state index contributed by atoms with van der Waals surface area (Å²) in [6.07, 6.45) is 1.07. The van der Waals surface area contributed by atoms with Gasteiger partial charge < -0.3 is 0 Å². The van der Waals surface area contributed by atoms with Crippen LogP contribution in [0.2, 0.25) is 25.2 Å². The third-order valence-electron chi connectivity index (χ3n) is 4.04. The van der Waals surface area contributed by atoms with Gasteiger partial charge in [0, 0.05) is 5.54 Å². The Labute approximate surface area is 141 Å². The van der Waals surface area contributed by atoms with E-state index in [1.165, 1.54) is 16.0 Å². The molecule has 0 aromatic heterocycles. The minimum Gasteiger partial charge on any atom is -0.140 e. The number of benzene rings is 1. The van der Waals surface area contributed by atoms with E-state index < -0.39 is 14.8 Å². The Kier molecular flexibility index (Phi) is 4.59. The highest BCUT2D eigenvalue weighted by Gasteiger charge is 2.58. The smallest absolute Gasteiger partial charge is 0.140 e. The zero-order valence-electron chi connectivity index (χ0n) is 13.9. The highest BCUT2D eigenvalue weighted by molar-refractivity contribution is 7.55.